The second-order valence-electron chi connectivity index (χ2n) is 10.3. The lowest BCUT2D eigenvalue weighted by Gasteiger charge is -2.41. The molecule has 5 rings (SSSR count). The number of hydrogen-bond acceptors (Lipinski definition) is 7. The van der Waals surface area contributed by atoms with Gasteiger partial charge in [-0.1, -0.05) is 17.7 Å². The number of hydrogen-bond donors (Lipinski definition) is 0. The van der Waals surface area contributed by atoms with E-state index in [0.717, 1.165) is 39.4 Å². The molecule has 192 valence electrons. The zero-order valence-corrected chi connectivity index (χ0v) is 22.4. The molecule has 1 aromatic carbocycles. The quantitative estimate of drug-likeness (QED) is 0.363. The summed E-state index contributed by atoms with van der Waals surface area (Å²) in [6.07, 6.45) is 8.38. The van der Waals surface area contributed by atoms with Crippen molar-refractivity contribution >= 4 is 34.5 Å². The molecule has 1 fully saturated rings. The van der Waals surface area contributed by atoms with Gasteiger partial charge < -0.3 is 19.1 Å². The van der Waals surface area contributed by atoms with Gasteiger partial charge in [0.25, 0.3) is 0 Å². The van der Waals surface area contributed by atoms with E-state index in [1.54, 1.807) is 29.8 Å². The first-order chi connectivity index (χ1) is 17.6. The van der Waals surface area contributed by atoms with Gasteiger partial charge in [-0.15, -0.1) is 0 Å². The highest BCUT2D eigenvalue weighted by molar-refractivity contribution is 6.30. The van der Waals surface area contributed by atoms with E-state index >= 15 is 0 Å². The predicted octanol–water partition coefficient (Wildman–Crippen LogP) is 5.28. The van der Waals surface area contributed by atoms with Crippen LogP contribution in [0.4, 0.5) is 10.6 Å². The van der Waals surface area contributed by atoms with Crippen molar-refractivity contribution in [2.24, 2.45) is 0 Å². The molecule has 4 heterocycles. The van der Waals surface area contributed by atoms with E-state index in [1.165, 1.54) is 0 Å². The van der Waals surface area contributed by atoms with Crippen LogP contribution >= 0.6 is 11.6 Å². The van der Waals surface area contributed by atoms with E-state index in [0.29, 0.717) is 24.7 Å². The average molecular weight is 520 g/mol. The molecule has 1 saturated heterocycles. The number of benzene rings is 1. The van der Waals surface area contributed by atoms with Gasteiger partial charge in [0.05, 0.1) is 23.0 Å². The Morgan fingerprint density at radius 2 is 1.95 bits per heavy atom. The molecule has 37 heavy (non-hydrogen) atoms. The van der Waals surface area contributed by atoms with Gasteiger partial charge in [-0.3, -0.25) is 9.97 Å². The van der Waals surface area contributed by atoms with E-state index in [-0.39, 0.29) is 12.1 Å². The topological polar surface area (TPSA) is 89.3 Å². The number of nitrogens with zero attached hydrogens (tertiary/aromatic N) is 7. The fourth-order valence-electron chi connectivity index (χ4n) is 4.69. The van der Waals surface area contributed by atoms with E-state index in [2.05, 4.69) is 26.8 Å². The Balaban J connectivity index is 1.60. The van der Waals surface area contributed by atoms with Crippen LogP contribution in [0.15, 0.2) is 49.3 Å². The summed E-state index contributed by atoms with van der Waals surface area (Å²) in [7, 11) is 0. The molecule has 1 unspecified atom stereocenters. The van der Waals surface area contributed by atoms with Crippen molar-refractivity contribution < 1.29 is 9.53 Å². The molecule has 0 aliphatic carbocycles. The first-order valence-corrected chi connectivity index (χ1v) is 12.6. The molecule has 0 N–H and O–H groups in total. The number of aromatic nitrogens is 5. The largest absolute Gasteiger partial charge is 0.444 e. The lowest BCUT2D eigenvalue weighted by molar-refractivity contribution is 0.0218. The van der Waals surface area contributed by atoms with Crippen molar-refractivity contribution in [1.29, 1.82) is 0 Å². The molecule has 10 heteroatoms. The Bertz CT molecular complexity index is 1450. The summed E-state index contributed by atoms with van der Waals surface area (Å²) in [4.78, 5) is 35.0. The summed E-state index contributed by atoms with van der Waals surface area (Å²) >= 11 is 6.37. The minimum Gasteiger partial charge on any atom is -0.444 e. The highest BCUT2D eigenvalue weighted by Crippen LogP contribution is 2.37. The first kappa shape index (κ1) is 25.0. The number of piperazine rings is 1. The van der Waals surface area contributed by atoms with Gasteiger partial charge in [0.2, 0.25) is 0 Å². The summed E-state index contributed by atoms with van der Waals surface area (Å²) in [5.74, 6) is 0.792. The minimum absolute atomic E-state index is 0.00494. The molecular weight excluding hydrogens is 490 g/mol. The fraction of sp³-hybridized carbons (Fsp3) is 0.370. The lowest BCUT2D eigenvalue weighted by atomic mass is 10.1. The smallest absolute Gasteiger partial charge is 0.410 e. The van der Waals surface area contributed by atoms with Gasteiger partial charge in [0.15, 0.2) is 5.65 Å². The van der Waals surface area contributed by atoms with Crippen LogP contribution in [-0.4, -0.2) is 66.8 Å². The van der Waals surface area contributed by atoms with Crippen LogP contribution in [0.5, 0.6) is 0 Å². The molecule has 3 aromatic heterocycles. The molecule has 0 bridgehead atoms. The Kier molecular flexibility index (Phi) is 6.49. The summed E-state index contributed by atoms with van der Waals surface area (Å²) in [5, 5.41) is 1.52. The molecule has 4 aromatic rings. The Hall–Kier alpha value is -3.72. The SMILES string of the molecule is Cc1ccc(Cl)cc1-n1cc(-c2cnccn2)c2c(N3CCN(C(=O)OC(C)(C)C)CC3C)ncnc21. The summed E-state index contributed by atoms with van der Waals surface area (Å²) in [5.41, 5.74) is 3.80. The van der Waals surface area contributed by atoms with Crippen LogP contribution in [0.25, 0.3) is 28.0 Å². The third-order valence-corrected chi connectivity index (χ3v) is 6.62. The maximum atomic E-state index is 12.7. The van der Waals surface area contributed by atoms with Crippen LogP contribution < -0.4 is 4.90 Å². The fourth-order valence-corrected chi connectivity index (χ4v) is 4.85. The zero-order chi connectivity index (χ0) is 26.3. The summed E-state index contributed by atoms with van der Waals surface area (Å²) < 4.78 is 7.64. The third-order valence-electron chi connectivity index (χ3n) is 6.38. The minimum atomic E-state index is -0.538. The molecule has 1 aliphatic heterocycles. The number of carbonyl (C=O) groups excluding carboxylic acids is 1. The van der Waals surface area contributed by atoms with Crippen molar-refractivity contribution in [2.75, 3.05) is 24.5 Å². The summed E-state index contributed by atoms with van der Waals surface area (Å²) in [6, 6.07) is 5.80. The number of ether oxygens (including phenoxy) is 1. The third kappa shape index (κ3) is 4.96. The van der Waals surface area contributed by atoms with Gasteiger partial charge in [-0.25, -0.2) is 14.8 Å². The van der Waals surface area contributed by atoms with Crippen molar-refractivity contribution in [3.63, 3.8) is 0 Å². The number of aryl methyl sites for hydroxylation is 1. The number of anilines is 1. The van der Waals surface area contributed by atoms with Gasteiger partial charge in [-0.05, 0) is 52.3 Å². The molecule has 1 amide bonds. The van der Waals surface area contributed by atoms with Crippen LogP contribution in [0.3, 0.4) is 0 Å². The summed E-state index contributed by atoms with van der Waals surface area (Å²) in [6.45, 7) is 11.4. The Morgan fingerprint density at radius 3 is 2.65 bits per heavy atom. The number of amides is 1. The van der Waals surface area contributed by atoms with Gasteiger partial charge >= 0.3 is 6.09 Å². The highest BCUT2D eigenvalue weighted by atomic mass is 35.5. The molecule has 0 spiro atoms. The molecule has 1 atom stereocenters. The van der Waals surface area contributed by atoms with E-state index in [9.17, 15) is 4.79 Å². The Labute approximate surface area is 221 Å². The maximum absolute atomic E-state index is 12.7. The number of carbonyl (C=O) groups is 1. The molecule has 1 aliphatic rings. The van der Waals surface area contributed by atoms with Crippen molar-refractivity contribution in [1.82, 2.24) is 29.4 Å². The molecular formula is C27H30ClN7O2. The Morgan fingerprint density at radius 1 is 1.14 bits per heavy atom. The predicted molar refractivity (Wildman–Crippen MR) is 144 cm³/mol. The molecule has 0 radical (unpaired) electrons. The van der Waals surface area contributed by atoms with Crippen molar-refractivity contribution in [3.8, 4) is 16.9 Å². The monoisotopic (exact) mass is 519 g/mol. The second-order valence-corrected chi connectivity index (χ2v) is 10.7. The van der Waals surface area contributed by atoms with Crippen molar-refractivity contribution in [3.05, 3.63) is 59.9 Å². The van der Waals surface area contributed by atoms with E-state index in [1.807, 2.05) is 56.7 Å². The van der Waals surface area contributed by atoms with Crippen LogP contribution in [0, 0.1) is 6.92 Å². The van der Waals surface area contributed by atoms with Gasteiger partial charge in [0, 0.05) is 54.9 Å². The average Bonchev–Trinajstić information content (AvgIpc) is 3.25. The molecule has 9 nitrogen and oxygen atoms in total. The van der Waals surface area contributed by atoms with Crippen LogP contribution in [0.2, 0.25) is 5.02 Å². The number of halogens is 1. The van der Waals surface area contributed by atoms with Crippen LogP contribution in [-0.2, 0) is 4.74 Å². The normalized spacial score (nSPS) is 16.3. The van der Waals surface area contributed by atoms with Gasteiger partial charge in [0.1, 0.15) is 17.7 Å². The lowest BCUT2D eigenvalue weighted by Crippen LogP contribution is -2.54. The first-order valence-electron chi connectivity index (χ1n) is 12.3. The van der Waals surface area contributed by atoms with E-state index in [4.69, 9.17) is 21.3 Å². The zero-order valence-electron chi connectivity index (χ0n) is 21.6. The second kappa shape index (κ2) is 9.63. The standard InChI is InChI=1S/C27H30ClN7O2/c1-17-6-7-19(28)12-22(17)35-15-20(21-13-29-8-9-30-21)23-24(31-16-32-25(23)35)34-11-10-33(14-18(34)2)26(36)37-27(3,4)5/h6-9,12-13,15-16,18H,10-11,14H2,1-5H3. The van der Waals surface area contributed by atoms with E-state index < -0.39 is 5.60 Å². The van der Waals surface area contributed by atoms with Gasteiger partial charge in [-0.2, -0.15) is 0 Å². The van der Waals surface area contributed by atoms with Crippen molar-refractivity contribution in [2.45, 2.75) is 46.3 Å². The molecule has 0 saturated carbocycles. The van der Waals surface area contributed by atoms with Crippen LogP contribution in [0.1, 0.15) is 33.3 Å². The highest BCUT2D eigenvalue weighted by Gasteiger charge is 2.32. The number of rotatable bonds is 3. The number of fused-ring (bicyclic) bond motifs is 1. The maximum Gasteiger partial charge on any atom is 0.410 e.